The molecule has 156 valence electrons. The van der Waals surface area contributed by atoms with Gasteiger partial charge in [0.1, 0.15) is 0 Å². The molecule has 5 nitrogen and oxygen atoms in total. The smallest absolute Gasteiger partial charge is 0.222 e. The average molecular weight is 420 g/mol. The van der Waals surface area contributed by atoms with E-state index in [-0.39, 0.29) is 0 Å². The molecule has 0 radical (unpaired) electrons. The fourth-order valence-electron chi connectivity index (χ4n) is 5.90. The molecule has 2 aromatic heterocycles. The van der Waals surface area contributed by atoms with Crippen molar-refractivity contribution in [2.75, 3.05) is 30.3 Å². The van der Waals surface area contributed by atoms with Crippen LogP contribution < -0.4 is 10.6 Å². The van der Waals surface area contributed by atoms with Gasteiger partial charge in [-0.25, -0.2) is 4.98 Å². The molecule has 3 unspecified atom stereocenters. The Morgan fingerprint density at radius 1 is 1.10 bits per heavy atom. The number of anilines is 2. The minimum atomic E-state index is 0.426. The molecule has 6 heteroatoms. The lowest BCUT2D eigenvalue weighted by molar-refractivity contribution is 0.193. The highest BCUT2D eigenvalue weighted by Gasteiger charge is 2.44. The summed E-state index contributed by atoms with van der Waals surface area (Å²) in [5.41, 5.74) is 10.2. The predicted molar refractivity (Wildman–Crippen MR) is 124 cm³/mol. The second-order valence-corrected chi connectivity index (χ2v) is 10.2. The zero-order valence-corrected chi connectivity index (χ0v) is 18.4. The summed E-state index contributed by atoms with van der Waals surface area (Å²) < 4.78 is 1.26. The lowest BCUT2D eigenvalue weighted by Crippen LogP contribution is -2.37. The first-order valence-corrected chi connectivity index (χ1v) is 12.1. The van der Waals surface area contributed by atoms with Crippen LogP contribution in [0.3, 0.4) is 0 Å². The fraction of sp³-hybridized carbons (Fsp3) is 0.500. The Morgan fingerprint density at radius 3 is 2.80 bits per heavy atom. The molecule has 4 heterocycles. The van der Waals surface area contributed by atoms with Gasteiger partial charge in [0, 0.05) is 30.1 Å². The fourth-order valence-corrected chi connectivity index (χ4v) is 7.25. The summed E-state index contributed by atoms with van der Waals surface area (Å²) in [7, 11) is 0. The van der Waals surface area contributed by atoms with Gasteiger partial charge in [0.05, 0.1) is 10.2 Å². The molecule has 3 aromatic rings. The van der Waals surface area contributed by atoms with Crippen molar-refractivity contribution in [2.45, 2.75) is 51.1 Å². The van der Waals surface area contributed by atoms with Crippen molar-refractivity contribution in [3.63, 3.8) is 0 Å². The van der Waals surface area contributed by atoms with Crippen LogP contribution in [-0.4, -0.2) is 40.5 Å². The molecule has 2 aliphatic heterocycles. The van der Waals surface area contributed by atoms with E-state index in [2.05, 4.69) is 52.0 Å². The van der Waals surface area contributed by atoms with E-state index in [0.29, 0.717) is 23.9 Å². The Hall–Kier alpha value is -2.18. The Labute approximate surface area is 181 Å². The van der Waals surface area contributed by atoms with E-state index in [1.165, 1.54) is 52.9 Å². The molecular formula is C24H29N5S. The van der Waals surface area contributed by atoms with Crippen molar-refractivity contribution in [2.24, 2.45) is 5.92 Å². The van der Waals surface area contributed by atoms with Gasteiger partial charge in [-0.2, -0.15) is 4.98 Å². The summed E-state index contributed by atoms with van der Waals surface area (Å²) in [6, 6.07) is 12.0. The standard InChI is InChI=1S/C24H29N5S/c1-15(16-7-3-2-4-8-16)29-12-11-17-13-28(14-19(17)29)23-22-21(26-24(25)27-23)18-9-5-6-10-20(18)30-22/h2-4,7-8,15,17,19H,5-6,9-14H2,1H3,(H2,25,26,27). The Morgan fingerprint density at radius 2 is 1.93 bits per heavy atom. The Bertz CT molecular complexity index is 1080. The summed E-state index contributed by atoms with van der Waals surface area (Å²) in [5, 5.41) is 0. The molecule has 1 aliphatic carbocycles. The van der Waals surface area contributed by atoms with Crippen LogP contribution in [0.2, 0.25) is 0 Å². The number of hydrogen-bond acceptors (Lipinski definition) is 6. The normalized spacial score (nSPS) is 24.9. The first-order chi connectivity index (χ1) is 14.7. The largest absolute Gasteiger partial charge is 0.368 e. The molecule has 1 aromatic carbocycles. The van der Waals surface area contributed by atoms with Crippen molar-refractivity contribution in [3.05, 3.63) is 46.3 Å². The van der Waals surface area contributed by atoms with Gasteiger partial charge >= 0.3 is 0 Å². The number of thiophene rings is 1. The second kappa shape index (κ2) is 7.20. The van der Waals surface area contributed by atoms with Crippen LogP contribution in [0.1, 0.15) is 48.2 Å². The molecule has 0 amide bonds. The van der Waals surface area contributed by atoms with E-state index < -0.39 is 0 Å². The molecule has 2 N–H and O–H groups in total. The third-order valence-corrected chi connectivity index (χ3v) is 8.74. The topological polar surface area (TPSA) is 58.3 Å². The van der Waals surface area contributed by atoms with Crippen LogP contribution in [0.4, 0.5) is 11.8 Å². The zero-order valence-electron chi connectivity index (χ0n) is 17.6. The van der Waals surface area contributed by atoms with Gasteiger partial charge < -0.3 is 10.6 Å². The third kappa shape index (κ3) is 2.92. The molecule has 0 bridgehead atoms. The van der Waals surface area contributed by atoms with E-state index in [4.69, 9.17) is 10.7 Å². The van der Waals surface area contributed by atoms with Gasteiger partial charge in [0.15, 0.2) is 5.82 Å². The van der Waals surface area contributed by atoms with Crippen molar-refractivity contribution < 1.29 is 0 Å². The number of fused-ring (bicyclic) bond motifs is 4. The van der Waals surface area contributed by atoms with E-state index in [1.807, 2.05) is 11.3 Å². The molecule has 3 aliphatic rings. The predicted octanol–water partition coefficient (Wildman–Crippen LogP) is 4.42. The van der Waals surface area contributed by atoms with Gasteiger partial charge in [-0.1, -0.05) is 30.3 Å². The molecule has 2 fully saturated rings. The zero-order chi connectivity index (χ0) is 20.2. The number of likely N-dealkylation sites (tertiary alicyclic amines) is 1. The third-order valence-electron chi connectivity index (χ3n) is 7.46. The van der Waals surface area contributed by atoms with E-state index in [1.54, 1.807) is 0 Å². The number of hydrogen-bond donors (Lipinski definition) is 1. The number of nitrogen functional groups attached to an aromatic ring is 1. The molecule has 0 spiro atoms. The summed E-state index contributed by atoms with van der Waals surface area (Å²) in [6.07, 6.45) is 6.14. The quantitative estimate of drug-likeness (QED) is 0.681. The van der Waals surface area contributed by atoms with Crippen LogP contribution >= 0.6 is 11.3 Å². The summed E-state index contributed by atoms with van der Waals surface area (Å²) in [5.74, 6) is 2.21. The van der Waals surface area contributed by atoms with Crippen LogP contribution in [0, 0.1) is 5.92 Å². The number of aromatic nitrogens is 2. The lowest BCUT2D eigenvalue weighted by atomic mass is 9.98. The second-order valence-electron chi connectivity index (χ2n) is 9.14. The highest BCUT2D eigenvalue weighted by atomic mass is 32.1. The van der Waals surface area contributed by atoms with Gasteiger partial charge in [-0.3, -0.25) is 4.90 Å². The molecule has 3 atom stereocenters. The first kappa shape index (κ1) is 18.6. The van der Waals surface area contributed by atoms with Gasteiger partial charge in [0.2, 0.25) is 5.95 Å². The van der Waals surface area contributed by atoms with Crippen molar-refractivity contribution in [3.8, 4) is 0 Å². The maximum Gasteiger partial charge on any atom is 0.222 e. The van der Waals surface area contributed by atoms with E-state index >= 15 is 0 Å². The molecule has 0 saturated carbocycles. The van der Waals surface area contributed by atoms with Gasteiger partial charge in [0.25, 0.3) is 0 Å². The number of nitrogens with two attached hydrogens (primary N) is 1. The van der Waals surface area contributed by atoms with Crippen LogP contribution in [-0.2, 0) is 12.8 Å². The monoisotopic (exact) mass is 419 g/mol. The van der Waals surface area contributed by atoms with Gasteiger partial charge in [-0.05, 0) is 62.6 Å². The molecular weight excluding hydrogens is 390 g/mol. The SMILES string of the molecule is CC(c1ccccc1)N1CCC2CN(c3nc(N)nc4c5c(sc34)CCCC5)CC21. The first-order valence-electron chi connectivity index (χ1n) is 11.3. The van der Waals surface area contributed by atoms with Gasteiger partial charge in [-0.15, -0.1) is 11.3 Å². The summed E-state index contributed by atoms with van der Waals surface area (Å²) in [4.78, 5) is 16.2. The molecule has 30 heavy (non-hydrogen) atoms. The minimum absolute atomic E-state index is 0.426. The van der Waals surface area contributed by atoms with E-state index in [9.17, 15) is 0 Å². The maximum atomic E-state index is 6.20. The molecule has 2 saturated heterocycles. The van der Waals surface area contributed by atoms with Crippen LogP contribution in [0.5, 0.6) is 0 Å². The summed E-state index contributed by atoms with van der Waals surface area (Å²) in [6.45, 7) is 5.66. The molecule has 6 rings (SSSR count). The summed E-state index contributed by atoms with van der Waals surface area (Å²) >= 11 is 1.92. The lowest BCUT2D eigenvalue weighted by Gasteiger charge is -2.31. The Balaban J connectivity index is 1.32. The van der Waals surface area contributed by atoms with E-state index in [0.717, 1.165) is 30.8 Å². The minimum Gasteiger partial charge on any atom is -0.368 e. The maximum absolute atomic E-state index is 6.20. The Kier molecular flexibility index (Phi) is 4.46. The number of benzene rings is 1. The van der Waals surface area contributed by atoms with Crippen molar-refractivity contribution in [1.29, 1.82) is 0 Å². The number of aryl methyl sites for hydroxylation is 2. The highest BCUT2D eigenvalue weighted by molar-refractivity contribution is 7.19. The number of rotatable bonds is 3. The van der Waals surface area contributed by atoms with Crippen LogP contribution in [0.15, 0.2) is 30.3 Å². The number of nitrogens with zero attached hydrogens (tertiary/aromatic N) is 4. The van der Waals surface area contributed by atoms with Crippen molar-refractivity contribution >= 4 is 33.3 Å². The average Bonchev–Trinajstić information content (AvgIpc) is 3.46. The van der Waals surface area contributed by atoms with Crippen LogP contribution in [0.25, 0.3) is 10.2 Å². The highest BCUT2D eigenvalue weighted by Crippen LogP contribution is 2.43. The van der Waals surface area contributed by atoms with Crippen molar-refractivity contribution in [1.82, 2.24) is 14.9 Å².